The van der Waals surface area contributed by atoms with E-state index in [2.05, 4.69) is 10.1 Å². The van der Waals surface area contributed by atoms with Crippen molar-refractivity contribution in [2.45, 2.75) is 36.9 Å². The summed E-state index contributed by atoms with van der Waals surface area (Å²) in [7, 11) is 1.27. The molecule has 1 saturated carbocycles. The van der Waals surface area contributed by atoms with Gasteiger partial charge >= 0.3 is 5.97 Å². The topological polar surface area (TPSA) is 55.4 Å². The summed E-state index contributed by atoms with van der Waals surface area (Å²) in [6.45, 7) is 0. The summed E-state index contributed by atoms with van der Waals surface area (Å²) in [4.78, 5) is 21.7. The summed E-state index contributed by atoms with van der Waals surface area (Å²) in [6, 6.07) is 0. The maximum absolute atomic E-state index is 11.6. The second-order valence-electron chi connectivity index (χ2n) is 4.26. The van der Waals surface area contributed by atoms with Crippen molar-refractivity contribution >= 4 is 35.1 Å². The molecule has 0 atom stereocenters. The molecule has 0 aromatic rings. The van der Waals surface area contributed by atoms with E-state index in [1.54, 1.807) is 6.08 Å². The fourth-order valence-corrected chi connectivity index (χ4v) is 2.10. The van der Waals surface area contributed by atoms with Crippen LogP contribution in [0, 0.1) is 5.92 Å². The van der Waals surface area contributed by atoms with Gasteiger partial charge in [-0.15, -0.1) is 0 Å². The van der Waals surface area contributed by atoms with Crippen LogP contribution in [0.25, 0.3) is 0 Å². The number of rotatable bonds is 4. The van der Waals surface area contributed by atoms with Crippen LogP contribution in [0.4, 0.5) is 0 Å². The summed E-state index contributed by atoms with van der Waals surface area (Å²) in [5.74, 6) is -0.911. The first-order valence-corrected chi connectivity index (χ1v) is 6.81. The highest BCUT2D eigenvalue weighted by molar-refractivity contribution is 6.53. The second kappa shape index (κ2) is 7.64. The van der Waals surface area contributed by atoms with Crippen LogP contribution in [0.1, 0.15) is 32.1 Å². The summed E-state index contributed by atoms with van der Waals surface area (Å²) >= 11 is 10.9. The summed E-state index contributed by atoms with van der Waals surface area (Å²) in [6.07, 6.45) is 7.27. The molecule has 0 spiro atoms. The monoisotopic (exact) mass is 293 g/mol. The van der Waals surface area contributed by atoms with Crippen molar-refractivity contribution in [3.63, 3.8) is 0 Å². The molecule has 0 bridgehead atoms. The lowest BCUT2D eigenvalue weighted by molar-refractivity contribution is -0.137. The van der Waals surface area contributed by atoms with Gasteiger partial charge in [0, 0.05) is 0 Å². The maximum Gasteiger partial charge on any atom is 0.354 e. The zero-order valence-corrected chi connectivity index (χ0v) is 11.8. The Morgan fingerprint density at radius 3 is 2.39 bits per heavy atom. The number of nitrogens with one attached hydrogen (secondary N) is 1. The van der Waals surface area contributed by atoms with Crippen molar-refractivity contribution in [3.8, 4) is 0 Å². The minimum atomic E-state index is -1.20. The number of carbonyl (C=O) groups excluding carboxylic acids is 2. The molecular weight excluding hydrogens is 277 g/mol. The number of esters is 1. The quantitative estimate of drug-likeness (QED) is 0.492. The van der Waals surface area contributed by atoms with E-state index in [-0.39, 0.29) is 11.6 Å². The lowest BCUT2D eigenvalue weighted by atomic mass is 9.88. The SMILES string of the molecule is COC(=O)C(=CC1CCCCC1)NC(=O)C(Cl)Cl. The number of methoxy groups -OCH3 is 1. The van der Waals surface area contributed by atoms with E-state index in [0.717, 1.165) is 25.7 Å². The van der Waals surface area contributed by atoms with E-state index in [1.165, 1.54) is 13.5 Å². The van der Waals surface area contributed by atoms with Gasteiger partial charge in [-0.25, -0.2) is 4.79 Å². The average molecular weight is 294 g/mol. The van der Waals surface area contributed by atoms with Gasteiger partial charge in [-0.05, 0) is 18.8 Å². The average Bonchev–Trinajstić information content (AvgIpc) is 2.38. The smallest absolute Gasteiger partial charge is 0.354 e. The lowest BCUT2D eigenvalue weighted by Crippen LogP contribution is -2.32. The predicted octanol–water partition coefficient (Wildman–Crippen LogP) is 2.54. The number of ether oxygens (including phenoxy) is 1. The lowest BCUT2D eigenvalue weighted by Gasteiger charge is -2.19. The first kappa shape index (κ1) is 15.3. The molecule has 0 saturated heterocycles. The highest BCUT2D eigenvalue weighted by Gasteiger charge is 2.20. The number of allylic oxidation sites excluding steroid dienone is 1. The summed E-state index contributed by atoms with van der Waals surface area (Å²) in [5.41, 5.74) is 0.126. The molecule has 0 aromatic heterocycles. The Kier molecular flexibility index (Phi) is 6.50. The van der Waals surface area contributed by atoms with Gasteiger partial charge in [0.25, 0.3) is 5.91 Å². The number of alkyl halides is 2. The van der Waals surface area contributed by atoms with Crippen molar-refractivity contribution in [1.29, 1.82) is 0 Å². The molecule has 0 heterocycles. The number of carbonyl (C=O) groups is 2. The third kappa shape index (κ3) is 4.86. The molecule has 0 radical (unpaired) electrons. The van der Waals surface area contributed by atoms with Crippen molar-refractivity contribution in [2.24, 2.45) is 5.92 Å². The normalized spacial score (nSPS) is 17.7. The van der Waals surface area contributed by atoms with Crippen LogP contribution < -0.4 is 5.32 Å². The van der Waals surface area contributed by atoms with Gasteiger partial charge < -0.3 is 10.1 Å². The van der Waals surface area contributed by atoms with Crippen LogP contribution in [0.5, 0.6) is 0 Å². The highest BCUT2D eigenvalue weighted by atomic mass is 35.5. The van der Waals surface area contributed by atoms with Crippen LogP contribution >= 0.6 is 23.2 Å². The zero-order chi connectivity index (χ0) is 13.5. The van der Waals surface area contributed by atoms with Gasteiger partial charge in [0.15, 0.2) is 4.84 Å². The first-order valence-electron chi connectivity index (χ1n) is 5.93. The van der Waals surface area contributed by atoms with Gasteiger partial charge in [-0.2, -0.15) is 0 Å². The second-order valence-corrected chi connectivity index (χ2v) is 5.36. The Hall–Kier alpha value is -0.740. The zero-order valence-electron chi connectivity index (χ0n) is 10.2. The Bertz CT molecular complexity index is 336. The maximum atomic E-state index is 11.6. The molecule has 1 aliphatic carbocycles. The van der Waals surface area contributed by atoms with Gasteiger partial charge in [0.2, 0.25) is 0 Å². The van der Waals surface area contributed by atoms with Gasteiger partial charge in [0.05, 0.1) is 7.11 Å². The van der Waals surface area contributed by atoms with Crippen LogP contribution in [0.2, 0.25) is 0 Å². The number of hydrogen-bond donors (Lipinski definition) is 1. The molecule has 6 heteroatoms. The molecular formula is C12H17Cl2NO3. The van der Waals surface area contributed by atoms with E-state index in [0.29, 0.717) is 0 Å². The molecule has 0 aromatic carbocycles. The van der Waals surface area contributed by atoms with E-state index in [1.807, 2.05) is 0 Å². The third-order valence-electron chi connectivity index (χ3n) is 2.91. The van der Waals surface area contributed by atoms with Gasteiger partial charge in [-0.1, -0.05) is 48.5 Å². The summed E-state index contributed by atoms with van der Waals surface area (Å²) in [5, 5.41) is 2.40. The summed E-state index contributed by atoms with van der Waals surface area (Å²) < 4.78 is 4.63. The van der Waals surface area contributed by atoms with Crippen molar-refractivity contribution < 1.29 is 14.3 Å². The number of hydrogen-bond acceptors (Lipinski definition) is 3. The number of halogens is 2. The molecule has 1 N–H and O–H groups in total. The predicted molar refractivity (Wildman–Crippen MR) is 70.3 cm³/mol. The van der Waals surface area contributed by atoms with Crippen LogP contribution in [-0.2, 0) is 14.3 Å². The van der Waals surface area contributed by atoms with Crippen LogP contribution in [0.15, 0.2) is 11.8 Å². The molecule has 0 aliphatic heterocycles. The van der Waals surface area contributed by atoms with Crippen LogP contribution in [0.3, 0.4) is 0 Å². The van der Waals surface area contributed by atoms with Gasteiger partial charge in [-0.3, -0.25) is 4.79 Å². The molecule has 1 aliphatic rings. The highest BCUT2D eigenvalue weighted by Crippen LogP contribution is 2.25. The molecule has 18 heavy (non-hydrogen) atoms. The fourth-order valence-electron chi connectivity index (χ4n) is 1.99. The Balaban J connectivity index is 2.73. The van der Waals surface area contributed by atoms with Gasteiger partial charge in [0.1, 0.15) is 5.70 Å². The van der Waals surface area contributed by atoms with E-state index < -0.39 is 16.7 Å². The number of amides is 1. The largest absolute Gasteiger partial charge is 0.464 e. The third-order valence-corrected chi connectivity index (χ3v) is 3.31. The molecule has 4 nitrogen and oxygen atoms in total. The standard InChI is InChI=1S/C12H17Cl2NO3/c1-18-12(17)9(15-11(16)10(13)14)7-8-5-3-2-4-6-8/h7-8,10H,2-6H2,1H3,(H,15,16). The van der Waals surface area contributed by atoms with E-state index in [4.69, 9.17) is 23.2 Å². The Labute approximate surface area is 117 Å². The molecule has 102 valence electrons. The van der Waals surface area contributed by atoms with E-state index in [9.17, 15) is 9.59 Å². The Morgan fingerprint density at radius 1 is 1.28 bits per heavy atom. The van der Waals surface area contributed by atoms with E-state index >= 15 is 0 Å². The molecule has 0 unspecified atom stereocenters. The molecule has 1 amide bonds. The minimum absolute atomic E-state index is 0.126. The van der Waals surface area contributed by atoms with Crippen LogP contribution in [-0.4, -0.2) is 23.8 Å². The first-order chi connectivity index (χ1) is 8.54. The Morgan fingerprint density at radius 2 is 1.89 bits per heavy atom. The van der Waals surface area contributed by atoms with Crippen molar-refractivity contribution in [1.82, 2.24) is 5.32 Å². The molecule has 1 fully saturated rings. The van der Waals surface area contributed by atoms with Crippen molar-refractivity contribution in [2.75, 3.05) is 7.11 Å². The minimum Gasteiger partial charge on any atom is -0.464 e. The van der Waals surface area contributed by atoms with Crippen molar-refractivity contribution in [3.05, 3.63) is 11.8 Å². The molecule has 1 rings (SSSR count). The fraction of sp³-hybridized carbons (Fsp3) is 0.667.